The number of allylic oxidation sites excluding steroid dienone is 1. The van der Waals surface area contributed by atoms with Crippen LogP contribution >= 0.6 is 0 Å². The maximum atomic E-state index is 13.3. The molecule has 4 rings (SSSR count). The van der Waals surface area contributed by atoms with Crippen LogP contribution in [0.1, 0.15) is 17.3 Å². The zero-order chi connectivity index (χ0) is 21.3. The number of pyridine rings is 1. The van der Waals surface area contributed by atoms with Crippen molar-refractivity contribution in [1.82, 2.24) is 24.1 Å². The van der Waals surface area contributed by atoms with Crippen molar-refractivity contribution in [3.05, 3.63) is 71.3 Å². The lowest BCUT2D eigenvalue weighted by atomic mass is 10.1. The van der Waals surface area contributed by atoms with E-state index < -0.39 is 0 Å². The van der Waals surface area contributed by atoms with Gasteiger partial charge in [0, 0.05) is 52.0 Å². The topological polar surface area (TPSA) is 80.4 Å². The van der Waals surface area contributed by atoms with Crippen molar-refractivity contribution in [3.8, 4) is 16.9 Å². The van der Waals surface area contributed by atoms with E-state index in [2.05, 4.69) is 11.7 Å². The molecule has 2 amide bonds. The first kappa shape index (κ1) is 19.6. The quantitative estimate of drug-likeness (QED) is 0.618. The third-order valence-electron chi connectivity index (χ3n) is 5.31. The van der Waals surface area contributed by atoms with Gasteiger partial charge in [-0.15, -0.1) is 6.58 Å². The largest absolute Gasteiger partial charge is 0.349 e. The summed E-state index contributed by atoms with van der Waals surface area (Å²) in [5.74, 6) is -0.190. The van der Waals surface area contributed by atoms with Crippen molar-refractivity contribution >= 4 is 11.8 Å². The second-order valence-electron chi connectivity index (χ2n) is 7.27. The highest BCUT2D eigenvalue weighted by molar-refractivity contribution is 6.00. The van der Waals surface area contributed by atoms with Crippen LogP contribution in [-0.4, -0.2) is 62.1 Å². The fourth-order valence-corrected chi connectivity index (χ4v) is 3.71. The predicted octanol–water partition coefficient (Wildman–Crippen LogP) is 1.63. The van der Waals surface area contributed by atoms with E-state index in [4.69, 9.17) is 0 Å². The van der Waals surface area contributed by atoms with Gasteiger partial charge in [-0.1, -0.05) is 24.3 Å². The first-order valence-corrected chi connectivity index (χ1v) is 9.83. The van der Waals surface area contributed by atoms with Crippen LogP contribution in [0, 0.1) is 0 Å². The Bertz CT molecular complexity index is 1120. The SMILES string of the molecule is C=CCn1cc(C(=O)N2CCN(C(C)=O)CC2)c2nn(-c3ccccc3)c(=O)c-2c1. The van der Waals surface area contributed by atoms with Gasteiger partial charge in [0.05, 0.1) is 16.8 Å². The molecule has 8 nitrogen and oxygen atoms in total. The van der Waals surface area contributed by atoms with Crippen molar-refractivity contribution < 1.29 is 9.59 Å². The Kier molecular flexibility index (Phi) is 5.22. The summed E-state index contributed by atoms with van der Waals surface area (Å²) in [6.07, 6.45) is 5.12. The zero-order valence-corrected chi connectivity index (χ0v) is 16.8. The summed E-state index contributed by atoms with van der Waals surface area (Å²) >= 11 is 0. The summed E-state index contributed by atoms with van der Waals surface area (Å²) in [4.78, 5) is 41.4. The number of fused-ring (bicyclic) bond motifs is 1. The van der Waals surface area contributed by atoms with Gasteiger partial charge in [-0.2, -0.15) is 9.78 Å². The van der Waals surface area contributed by atoms with Crippen LogP contribution < -0.4 is 5.56 Å². The third-order valence-corrected chi connectivity index (χ3v) is 5.31. The van der Waals surface area contributed by atoms with Crippen molar-refractivity contribution in [3.63, 3.8) is 0 Å². The van der Waals surface area contributed by atoms with Crippen LogP contribution in [0.5, 0.6) is 0 Å². The molecule has 154 valence electrons. The van der Waals surface area contributed by atoms with Crippen LogP contribution in [-0.2, 0) is 11.3 Å². The molecule has 0 N–H and O–H groups in total. The van der Waals surface area contributed by atoms with Crippen LogP contribution in [0.25, 0.3) is 16.9 Å². The fourth-order valence-electron chi connectivity index (χ4n) is 3.71. The number of hydrogen-bond donors (Lipinski definition) is 0. The number of hydrogen-bond acceptors (Lipinski definition) is 4. The van der Waals surface area contributed by atoms with E-state index in [1.807, 2.05) is 18.2 Å². The molecule has 0 spiro atoms. The van der Waals surface area contributed by atoms with E-state index in [1.165, 1.54) is 11.6 Å². The Labute approximate surface area is 174 Å². The van der Waals surface area contributed by atoms with Crippen molar-refractivity contribution in [1.29, 1.82) is 0 Å². The first-order valence-electron chi connectivity index (χ1n) is 9.83. The van der Waals surface area contributed by atoms with E-state index >= 15 is 0 Å². The van der Waals surface area contributed by atoms with Gasteiger partial charge < -0.3 is 14.4 Å². The average Bonchev–Trinajstić information content (AvgIpc) is 3.10. The molecule has 1 saturated heterocycles. The van der Waals surface area contributed by atoms with Gasteiger partial charge in [-0.3, -0.25) is 14.4 Å². The number of benzene rings is 1. The number of rotatable bonds is 4. The summed E-state index contributed by atoms with van der Waals surface area (Å²) in [6.45, 7) is 7.62. The van der Waals surface area contributed by atoms with Crippen LogP contribution in [0.2, 0.25) is 0 Å². The highest BCUT2D eigenvalue weighted by atomic mass is 16.2. The van der Waals surface area contributed by atoms with Crippen molar-refractivity contribution in [2.45, 2.75) is 13.5 Å². The minimum Gasteiger partial charge on any atom is -0.349 e. The number of amides is 2. The molecule has 1 fully saturated rings. The number of piperazine rings is 1. The molecule has 0 saturated carbocycles. The molecule has 0 aliphatic carbocycles. The summed E-state index contributed by atoms with van der Waals surface area (Å²) in [6, 6.07) is 9.13. The number of para-hydroxylation sites is 1. The van der Waals surface area contributed by atoms with Gasteiger partial charge in [0.15, 0.2) is 0 Å². The van der Waals surface area contributed by atoms with Gasteiger partial charge in [0.2, 0.25) is 5.91 Å². The molecule has 0 unspecified atom stereocenters. The molecule has 3 aliphatic rings. The second-order valence-corrected chi connectivity index (χ2v) is 7.27. The Morgan fingerprint density at radius 1 is 1.07 bits per heavy atom. The van der Waals surface area contributed by atoms with Gasteiger partial charge in [-0.05, 0) is 12.1 Å². The Balaban J connectivity index is 1.76. The van der Waals surface area contributed by atoms with Gasteiger partial charge in [-0.25, -0.2) is 0 Å². The molecule has 8 heteroatoms. The molecule has 0 aromatic heterocycles. The molecule has 30 heavy (non-hydrogen) atoms. The third kappa shape index (κ3) is 3.52. The number of nitrogens with zero attached hydrogens (tertiary/aromatic N) is 5. The Hall–Kier alpha value is -3.68. The van der Waals surface area contributed by atoms with E-state index in [1.54, 1.807) is 45.0 Å². The number of carbonyl (C=O) groups excluding carboxylic acids is 2. The Morgan fingerprint density at radius 2 is 1.73 bits per heavy atom. The lowest BCUT2D eigenvalue weighted by Crippen LogP contribution is -2.50. The standard InChI is InChI=1S/C22H23N5O3/c1-3-9-24-14-18(21(29)26-12-10-25(11-13-26)16(2)28)20-19(15-24)22(30)27(23-20)17-7-5-4-6-8-17/h3-8,14-15H,1,9-13H2,2H3. The molecule has 0 radical (unpaired) electrons. The lowest BCUT2D eigenvalue weighted by Gasteiger charge is -2.34. The molecular formula is C22H23N5O3. The molecule has 1 aromatic rings. The Morgan fingerprint density at radius 3 is 2.37 bits per heavy atom. The molecule has 0 atom stereocenters. The summed E-state index contributed by atoms with van der Waals surface area (Å²) in [5, 5.41) is 4.50. The highest BCUT2D eigenvalue weighted by Gasteiger charge is 2.29. The molecule has 0 bridgehead atoms. The number of aromatic nitrogens is 3. The van der Waals surface area contributed by atoms with Gasteiger partial charge >= 0.3 is 0 Å². The smallest absolute Gasteiger partial charge is 0.282 e. The summed E-state index contributed by atoms with van der Waals surface area (Å²) < 4.78 is 3.10. The normalized spacial score (nSPS) is 14.2. The van der Waals surface area contributed by atoms with Gasteiger partial charge in [0.25, 0.3) is 11.5 Å². The van der Waals surface area contributed by atoms with E-state index in [-0.39, 0.29) is 17.4 Å². The fraction of sp³-hybridized carbons (Fsp3) is 0.273. The van der Waals surface area contributed by atoms with Crippen LogP contribution in [0.15, 0.2) is 60.2 Å². The molecular weight excluding hydrogens is 382 g/mol. The maximum Gasteiger partial charge on any atom is 0.282 e. The van der Waals surface area contributed by atoms with E-state index in [0.29, 0.717) is 55.2 Å². The molecule has 3 heterocycles. The number of carbonyl (C=O) groups is 2. The zero-order valence-electron chi connectivity index (χ0n) is 16.8. The highest BCUT2D eigenvalue weighted by Crippen LogP contribution is 2.24. The average molecular weight is 405 g/mol. The van der Waals surface area contributed by atoms with Gasteiger partial charge in [0.1, 0.15) is 5.69 Å². The molecule has 1 aromatic carbocycles. The minimum absolute atomic E-state index is 0.00521. The predicted molar refractivity (Wildman–Crippen MR) is 113 cm³/mol. The van der Waals surface area contributed by atoms with E-state index in [9.17, 15) is 14.4 Å². The molecule has 3 aliphatic heterocycles. The van der Waals surface area contributed by atoms with Crippen LogP contribution in [0.4, 0.5) is 0 Å². The van der Waals surface area contributed by atoms with E-state index in [0.717, 1.165) is 0 Å². The lowest BCUT2D eigenvalue weighted by molar-refractivity contribution is -0.130. The minimum atomic E-state index is -0.273. The monoisotopic (exact) mass is 405 g/mol. The second kappa shape index (κ2) is 7.98. The van der Waals surface area contributed by atoms with Crippen molar-refractivity contribution in [2.24, 2.45) is 0 Å². The first-order chi connectivity index (χ1) is 14.5. The maximum absolute atomic E-state index is 13.3. The summed E-state index contributed by atoms with van der Waals surface area (Å²) in [7, 11) is 0. The van der Waals surface area contributed by atoms with Crippen LogP contribution in [0.3, 0.4) is 0 Å². The summed E-state index contributed by atoms with van der Waals surface area (Å²) in [5.41, 5.74) is 1.50. The van der Waals surface area contributed by atoms with Crippen molar-refractivity contribution in [2.75, 3.05) is 26.2 Å².